The van der Waals surface area contributed by atoms with Crippen molar-refractivity contribution in [1.82, 2.24) is 4.98 Å². The highest BCUT2D eigenvalue weighted by Gasteiger charge is 2.33. The standard InChI is InChI=1S/C12H15N3O4/c1-8-7-14(6-4-9(8)12(16)17)11-10(15(18)19)3-2-5-13-11/h2-3,5,8-9H,4,6-7H2,1H3,(H,16,17). The molecule has 0 bridgehead atoms. The summed E-state index contributed by atoms with van der Waals surface area (Å²) in [6, 6.07) is 2.94. The molecule has 0 radical (unpaired) electrons. The van der Waals surface area contributed by atoms with Crippen LogP contribution >= 0.6 is 0 Å². The van der Waals surface area contributed by atoms with Crippen LogP contribution in [0.4, 0.5) is 11.5 Å². The molecule has 2 atom stereocenters. The highest BCUT2D eigenvalue weighted by atomic mass is 16.6. The Morgan fingerprint density at radius 1 is 1.63 bits per heavy atom. The number of anilines is 1. The molecule has 1 N–H and O–H groups in total. The molecule has 1 aliphatic heterocycles. The average Bonchev–Trinajstić information content (AvgIpc) is 2.38. The van der Waals surface area contributed by atoms with Crippen LogP contribution in [-0.2, 0) is 4.79 Å². The molecule has 0 aromatic carbocycles. The van der Waals surface area contributed by atoms with Crippen LogP contribution in [-0.4, -0.2) is 34.1 Å². The van der Waals surface area contributed by atoms with E-state index in [4.69, 9.17) is 5.11 Å². The molecule has 1 fully saturated rings. The molecule has 7 nitrogen and oxygen atoms in total. The first kappa shape index (κ1) is 13.3. The van der Waals surface area contributed by atoms with Crippen molar-refractivity contribution < 1.29 is 14.8 Å². The van der Waals surface area contributed by atoms with Crippen molar-refractivity contribution in [3.63, 3.8) is 0 Å². The second kappa shape index (κ2) is 5.21. The van der Waals surface area contributed by atoms with Crippen molar-refractivity contribution >= 4 is 17.5 Å². The summed E-state index contributed by atoms with van der Waals surface area (Å²) in [6.07, 6.45) is 1.99. The predicted molar refractivity (Wildman–Crippen MR) is 68.0 cm³/mol. The topological polar surface area (TPSA) is 96.6 Å². The molecule has 2 heterocycles. The Bertz CT molecular complexity index is 506. The van der Waals surface area contributed by atoms with Crippen LogP contribution in [0.1, 0.15) is 13.3 Å². The number of rotatable bonds is 3. The predicted octanol–water partition coefficient (Wildman–Crippen LogP) is 1.54. The third kappa shape index (κ3) is 2.64. The van der Waals surface area contributed by atoms with Gasteiger partial charge < -0.3 is 10.0 Å². The highest BCUT2D eigenvalue weighted by Crippen LogP contribution is 2.31. The molecule has 0 aliphatic carbocycles. The molecule has 102 valence electrons. The monoisotopic (exact) mass is 265 g/mol. The zero-order valence-corrected chi connectivity index (χ0v) is 10.5. The first-order chi connectivity index (χ1) is 9.00. The summed E-state index contributed by atoms with van der Waals surface area (Å²) in [7, 11) is 0. The van der Waals surface area contributed by atoms with E-state index in [-0.39, 0.29) is 17.5 Å². The Hall–Kier alpha value is -2.18. The second-order valence-corrected chi connectivity index (χ2v) is 4.76. The minimum Gasteiger partial charge on any atom is -0.481 e. The summed E-state index contributed by atoms with van der Waals surface area (Å²) in [4.78, 5) is 27.4. The zero-order valence-electron chi connectivity index (χ0n) is 10.5. The van der Waals surface area contributed by atoms with Gasteiger partial charge in [0.25, 0.3) is 0 Å². The average molecular weight is 265 g/mol. The molecule has 19 heavy (non-hydrogen) atoms. The molecule has 2 unspecified atom stereocenters. The summed E-state index contributed by atoms with van der Waals surface area (Å²) < 4.78 is 0. The van der Waals surface area contributed by atoms with Crippen LogP contribution in [0, 0.1) is 22.0 Å². The van der Waals surface area contributed by atoms with Crippen molar-refractivity contribution in [2.75, 3.05) is 18.0 Å². The number of aromatic nitrogens is 1. The van der Waals surface area contributed by atoms with Gasteiger partial charge in [-0.2, -0.15) is 0 Å². The number of carbonyl (C=O) groups is 1. The molecule has 1 aromatic heterocycles. The molecular weight excluding hydrogens is 250 g/mol. The van der Waals surface area contributed by atoms with E-state index in [1.54, 1.807) is 4.90 Å². The van der Waals surface area contributed by atoms with Crippen LogP contribution < -0.4 is 4.90 Å². The SMILES string of the molecule is CC1CN(c2ncccc2[N+](=O)[O-])CCC1C(=O)O. The Morgan fingerprint density at radius 2 is 2.37 bits per heavy atom. The molecule has 0 spiro atoms. The number of nitro groups is 1. The lowest BCUT2D eigenvalue weighted by Crippen LogP contribution is -2.42. The van der Waals surface area contributed by atoms with E-state index in [9.17, 15) is 14.9 Å². The van der Waals surface area contributed by atoms with Gasteiger partial charge in [-0.15, -0.1) is 0 Å². The summed E-state index contributed by atoms with van der Waals surface area (Å²) in [5.41, 5.74) is -0.0384. The van der Waals surface area contributed by atoms with Gasteiger partial charge in [0.2, 0.25) is 5.82 Å². The maximum Gasteiger partial charge on any atom is 0.311 e. The lowest BCUT2D eigenvalue weighted by Gasteiger charge is -2.35. The molecule has 0 saturated carbocycles. The quantitative estimate of drug-likeness (QED) is 0.657. The van der Waals surface area contributed by atoms with Crippen LogP contribution in [0.25, 0.3) is 0 Å². The van der Waals surface area contributed by atoms with Gasteiger partial charge in [-0.05, 0) is 18.4 Å². The maximum atomic E-state index is 11.0. The summed E-state index contributed by atoms with van der Waals surface area (Å²) >= 11 is 0. The first-order valence-corrected chi connectivity index (χ1v) is 6.08. The van der Waals surface area contributed by atoms with E-state index < -0.39 is 10.9 Å². The Labute approximate surface area is 110 Å². The Balaban J connectivity index is 2.21. The van der Waals surface area contributed by atoms with Crippen LogP contribution in [0.3, 0.4) is 0 Å². The number of nitrogens with zero attached hydrogens (tertiary/aromatic N) is 3. The molecule has 0 amide bonds. The summed E-state index contributed by atoms with van der Waals surface area (Å²) in [5.74, 6) is -0.933. The van der Waals surface area contributed by atoms with Crippen LogP contribution in [0.15, 0.2) is 18.3 Å². The van der Waals surface area contributed by atoms with Gasteiger partial charge in [-0.1, -0.05) is 6.92 Å². The van der Waals surface area contributed by atoms with E-state index >= 15 is 0 Å². The number of hydrogen-bond donors (Lipinski definition) is 1. The van der Waals surface area contributed by atoms with E-state index in [1.165, 1.54) is 18.3 Å². The largest absolute Gasteiger partial charge is 0.481 e. The van der Waals surface area contributed by atoms with Gasteiger partial charge in [-0.25, -0.2) is 4.98 Å². The lowest BCUT2D eigenvalue weighted by molar-refractivity contribution is -0.384. The van der Waals surface area contributed by atoms with Gasteiger partial charge in [0.05, 0.1) is 10.8 Å². The fourth-order valence-corrected chi connectivity index (χ4v) is 2.48. The fraction of sp³-hybridized carbons (Fsp3) is 0.500. The van der Waals surface area contributed by atoms with Gasteiger partial charge >= 0.3 is 11.7 Å². The van der Waals surface area contributed by atoms with Gasteiger partial charge in [-0.3, -0.25) is 14.9 Å². The van der Waals surface area contributed by atoms with E-state index in [1.807, 2.05) is 6.92 Å². The molecule has 1 aliphatic rings. The summed E-state index contributed by atoms with van der Waals surface area (Å²) in [5, 5.41) is 20.0. The number of pyridine rings is 1. The van der Waals surface area contributed by atoms with Gasteiger partial charge in [0.1, 0.15) is 0 Å². The normalized spacial score (nSPS) is 23.1. The maximum absolute atomic E-state index is 11.0. The minimum absolute atomic E-state index is 0.0384. The highest BCUT2D eigenvalue weighted by molar-refractivity contribution is 5.71. The van der Waals surface area contributed by atoms with Crippen molar-refractivity contribution in [3.8, 4) is 0 Å². The number of piperidine rings is 1. The Kier molecular flexibility index (Phi) is 3.64. The molecule has 7 heteroatoms. The third-order valence-corrected chi connectivity index (χ3v) is 3.48. The number of carboxylic acids is 1. The summed E-state index contributed by atoms with van der Waals surface area (Å²) in [6.45, 7) is 2.79. The van der Waals surface area contributed by atoms with Crippen molar-refractivity contribution in [3.05, 3.63) is 28.4 Å². The second-order valence-electron chi connectivity index (χ2n) is 4.76. The minimum atomic E-state index is -0.803. The fourth-order valence-electron chi connectivity index (χ4n) is 2.48. The van der Waals surface area contributed by atoms with Crippen molar-refractivity contribution in [1.29, 1.82) is 0 Å². The molecular formula is C12H15N3O4. The Morgan fingerprint density at radius 3 is 2.95 bits per heavy atom. The van der Waals surface area contributed by atoms with E-state index in [0.717, 1.165) is 0 Å². The van der Waals surface area contributed by atoms with Crippen molar-refractivity contribution in [2.45, 2.75) is 13.3 Å². The number of hydrogen-bond acceptors (Lipinski definition) is 5. The smallest absolute Gasteiger partial charge is 0.311 e. The molecule has 2 rings (SSSR count). The van der Waals surface area contributed by atoms with E-state index in [0.29, 0.717) is 25.3 Å². The van der Waals surface area contributed by atoms with E-state index in [2.05, 4.69) is 4.98 Å². The van der Waals surface area contributed by atoms with Crippen LogP contribution in [0.5, 0.6) is 0 Å². The first-order valence-electron chi connectivity index (χ1n) is 6.08. The van der Waals surface area contributed by atoms with Crippen LogP contribution in [0.2, 0.25) is 0 Å². The van der Waals surface area contributed by atoms with Crippen molar-refractivity contribution in [2.24, 2.45) is 11.8 Å². The third-order valence-electron chi connectivity index (χ3n) is 3.48. The molecule has 1 aromatic rings. The molecule has 1 saturated heterocycles. The van der Waals surface area contributed by atoms with Gasteiger partial charge in [0, 0.05) is 25.4 Å². The van der Waals surface area contributed by atoms with Gasteiger partial charge in [0.15, 0.2) is 0 Å². The zero-order chi connectivity index (χ0) is 14.0. The lowest BCUT2D eigenvalue weighted by atomic mass is 9.87. The number of carboxylic acid groups (broad SMARTS) is 1. The number of aliphatic carboxylic acids is 1.